The molecule has 2 aromatic carbocycles. The summed E-state index contributed by atoms with van der Waals surface area (Å²) in [7, 11) is 0. The van der Waals surface area contributed by atoms with Gasteiger partial charge in [-0.25, -0.2) is 0 Å². The van der Waals surface area contributed by atoms with Gasteiger partial charge in [-0.05, 0) is 34.6 Å². The summed E-state index contributed by atoms with van der Waals surface area (Å²) in [6, 6.07) is 15.4. The van der Waals surface area contributed by atoms with Gasteiger partial charge in [0.25, 0.3) is 0 Å². The minimum absolute atomic E-state index is 0.832. The number of fused-ring (bicyclic) bond motifs is 1. The highest BCUT2D eigenvalue weighted by Gasteiger charge is 2.21. The van der Waals surface area contributed by atoms with Gasteiger partial charge in [0.2, 0.25) is 0 Å². The van der Waals surface area contributed by atoms with E-state index in [1.54, 1.807) is 0 Å². The molecule has 1 aliphatic rings. The molecule has 0 radical (unpaired) electrons. The SMILES string of the molecule is CC1CC(C)CN(Cc2cccc3ccccc23)C1. The van der Waals surface area contributed by atoms with Gasteiger partial charge < -0.3 is 0 Å². The molecule has 1 fully saturated rings. The van der Waals surface area contributed by atoms with Gasteiger partial charge in [0.05, 0.1) is 0 Å². The van der Waals surface area contributed by atoms with E-state index in [1.807, 2.05) is 0 Å². The summed E-state index contributed by atoms with van der Waals surface area (Å²) in [5.74, 6) is 1.66. The Labute approximate surface area is 116 Å². The molecule has 100 valence electrons. The van der Waals surface area contributed by atoms with Crippen molar-refractivity contribution in [3.05, 3.63) is 48.0 Å². The first-order valence-electron chi connectivity index (χ1n) is 7.41. The molecule has 1 saturated heterocycles. The summed E-state index contributed by atoms with van der Waals surface area (Å²) in [5.41, 5.74) is 1.47. The zero-order valence-electron chi connectivity index (χ0n) is 12.0. The minimum Gasteiger partial charge on any atom is -0.299 e. The number of piperidine rings is 1. The number of hydrogen-bond acceptors (Lipinski definition) is 1. The summed E-state index contributed by atoms with van der Waals surface area (Å²) < 4.78 is 0. The summed E-state index contributed by atoms with van der Waals surface area (Å²) in [6.07, 6.45) is 1.38. The van der Waals surface area contributed by atoms with E-state index in [4.69, 9.17) is 0 Å². The highest BCUT2D eigenvalue weighted by atomic mass is 15.1. The van der Waals surface area contributed by atoms with E-state index in [0.717, 1.165) is 18.4 Å². The highest BCUT2D eigenvalue weighted by Crippen LogP contribution is 2.25. The predicted molar refractivity (Wildman–Crippen MR) is 82.2 cm³/mol. The van der Waals surface area contributed by atoms with Crippen LogP contribution in [-0.2, 0) is 6.54 Å². The maximum atomic E-state index is 2.63. The number of likely N-dealkylation sites (tertiary alicyclic amines) is 1. The van der Waals surface area contributed by atoms with E-state index in [2.05, 4.69) is 61.2 Å². The lowest BCUT2D eigenvalue weighted by molar-refractivity contribution is 0.135. The molecule has 1 nitrogen and oxygen atoms in total. The normalized spacial score (nSPS) is 24.7. The Hall–Kier alpha value is -1.34. The zero-order chi connectivity index (χ0) is 13.2. The lowest BCUT2D eigenvalue weighted by Crippen LogP contribution is -2.38. The second kappa shape index (κ2) is 5.34. The van der Waals surface area contributed by atoms with Crippen molar-refractivity contribution >= 4 is 10.8 Å². The third-order valence-electron chi connectivity index (χ3n) is 4.22. The summed E-state index contributed by atoms with van der Waals surface area (Å²) in [5, 5.41) is 2.77. The molecule has 3 rings (SSSR count). The fourth-order valence-electron chi connectivity index (χ4n) is 3.59. The molecule has 0 N–H and O–H groups in total. The van der Waals surface area contributed by atoms with Crippen LogP contribution in [0.2, 0.25) is 0 Å². The van der Waals surface area contributed by atoms with Crippen LogP contribution in [0.25, 0.3) is 10.8 Å². The Balaban J connectivity index is 1.85. The van der Waals surface area contributed by atoms with Crippen LogP contribution in [0.5, 0.6) is 0 Å². The Bertz CT molecular complexity index is 545. The van der Waals surface area contributed by atoms with Gasteiger partial charge in [-0.1, -0.05) is 56.3 Å². The van der Waals surface area contributed by atoms with E-state index in [-0.39, 0.29) is 0 Å². The van der Waals surface area contributed by atoms with E-state index in [0.29, 0.717) is 0 Å². The monoisotopic (exact) mass is 253 g/mol. The van der Waals surface area contributed by atoms with Crippen LogP contribution >= 0.6 is 0 Å². The average molecular weight is 253 g/mol. The Morgan fingerprint density at radius 1 is 0.947 bits per heavy atom. The second-order valence-corrected chi connectivity index (χ2v) is 6.28. The van der Waals surface area contributed by atoms with Crippen molar-refractivity contribution in [3.63, 3.8) is 0 Å². The fraction of sp³-hybridized carbons (Fsp3) is 0.444. The molecule has 19 heavy (non-hydrogen) atoms. The molecule has 1 aliphatic heterocycles. The minimum atomic E-state index is 0.832. The first-order chi connectivity index (χ1) is 9.22. The number of rotatable bonds is 2. The highest BCUT2D eigenvalue weighted by molar-refractivity contribution is 5.85. The smallest absolute Gasteiger partial charge is 0.0240 e. The average Bonchev–Trinajstić information content (AvgIpc) is 2.38. The largest absolute Gasteiger partial charge is 0.299 e. The molecule has 0 aliphatic carbocycles. The van der Waals surface area contributed by atoms with Crippen LogP contribution < -0.4 is 0 Å². The van der Waals surface area contributed by atoms with E-state index in [9.17, 15) is 0 Å². The van der Waals surface area contributed by atoms with Crippen molar-refractivity contribution in [2.75, 3.05) is 13.1 Å². The van der Waals surface area contributed by atoms with Crippen molar-refractivity contribution in [3.8, 4) is 0 Å². The Morgan fingerprint density at radius 2 is 1.63 bits per heavy atom. The molecule has 2 unspecified atom stereocenters. The van der Waals surface area contributed by atoms with Gasteiger partial charge in [0.15, 0.2) is 0 Å². The summed E-state index contributed by atoms with van der Waals surface area (Å²) >= 11 is 0. The number of hydrogen-bond donors (Lipinski definition) is 0. The molecule has 0 amide bonds. The quantitative estimate of drug-likeness (QED) is 0.770. The maximum Gasteiger partial charge on any atom is 0.0240 e. The van der Waals surface area contributed by atoms with Crippen molar-refractivity contribution in [1.82, 2.24) is 4.90 Å². The van der Waals surface area contributed by atoms with Crippen molar-refractivity contribution < 1.29 is 0 Å². The van der Waals surface area contributed by atoms with Gasteiger partial charge in [0, 0.05) is 19.6 Å². The predicted octanol–water partition coefficient (Wildman–Crippen LogP) is 4.32. The lowest BCUT2D eigenvalue weighted by Gasteiger charge is -2.35. The molecule has 0 aromatic heterocycles. The zero-order valence-corrected chi connectivity index (χ0v) is 12.0. The van der Waals surface area contributed by atoms with Gasteiger partial charge in [0.1, 0.15) is 0 Å². The van der Waals surface area contributed by atoms with Crippen LogP contribution in [0.3, 0.4) is 0 Å². The van der Waals surface area contributed by atoms with Crippen molar-refractivity contribution in [2.24, 2.45) is 11.8 Å². The van der Waals surface area contributed by atoms with Crippen molar-refractivity contribution in [1.29, 1.82) is 0 Å². The summed E-state index contributed by atoms with van der Waals surface area (Å²) in [4.78, 5) is 2.63. The van der Waals surface area contributed by atoms with Crippen LogP contribution in [0, 0.1) is 11.8 Å². The molecule has 1 heterocycles. The second-order valence-electron chi connectivity index (χ2n) is 6.28. The molecule has 1 heteroatoms. The van der Waals surface area contributed by atoms with E-state index >= 15 is 0 Å². The first kappa shape index (κ1) is 12.7. The molecule has 0 saturated carbocycles. The summed E-state index contributed by atoms with van der Waals surface area (Å²) in [6.45, 7) is 8.34. The van der Waals surface area contributed by atoms with Crippen LogP contribution in [0.4, 0.5) is 0 Å². The van der Waals surface area contributed by atoms with Crippen LogP contribution in [0.15, 0.2) is 42.5 Å². The third kappa shape index (κ3) is 2.82. The molecular formula is C18H23N. The van der Waals surface area contributed by atoms with Gasteiger partial charge in [-0.3, -0.25) is 4.90 Å². The standard InChI is InChI=1S/C18H23N/c1-14-10-15(2)12-19(11-14)13-17-8-5-7-16-6-3-4-9-18(16)17/h3-9,14-15H,10-13H2,1-2H3. The topological polar surface area (TPSA) is 3.24 Å². The fourth-order valence-corrected chi connectivity index (χ4v) is 3.59. The molecule has 0 bridgehead atoms. The van der Waals surface area contributed by atoms with Crippen LogP contribution in [-0.4, -0.2) is 18.0 Å². The van der Waals surface area contributed by atoms with E-state index < -0.39 is 0 Å². The Kier molecular flexibility index (Phi) is 3.56. The van der Waals surface area contributed by atoms with Crippen molar-refractivity contribution in [2.45, 2.75) is 26.8 Å². The first-order valence-corrected chi connectivity index (χ1v) is 7.41. The number of benzene rings is 2. The number of nitrogens with zero attached hydrogens (tertiary/aromatic N) is 1. The van der Waals surface area contributed by atoms with Gasteiger partial charge in [-0.15, -0.1) is 0 Å². The third-order valence-corrected chi connectivity index (χ3v) is 4.22. The molecule has 2 aromatic rings. The van der Waals surface area contributed by atoms with Gasteiger partial charge >= 0.3 is 0 Å². The van der Waals surface area contributed by atoms with Gasteiger partial charge in [-0.2, -0.15) is 0 Å². The lowest BCUT2D eigenvalue weighted by atomic mass is 9.91. The maximum absolute atomic E-state index is 2.63. The molecule has 0 spiro atoms. The Morgan fingerprint density at radius 3 is 2.42 bits per heavy atom. The van der Waals surface area contributed by atoms with E-state index in [1.165, 1.54) is 35.8 Å². The molecule has 2 atom stereocenters. The molecular weight excluding hydrogens is 230 g/mol. The van der Waals surface area contributed by atoms with Crippen LogP contribution in [0.1, 0.15) is 25.8 Å².